The quantitative estimate of drug-likeness (QED) is 0.482. The zero-order valence-electron chi connectivity index (χ0n) is 12.5. The van der Waals surface area contributed by atoms with Gasteiger partial charge in [-0.15, -0.1) is 0 Å². The van der Waals surface area contributed by atoms with Gasteiger partial charge in [0.05, 0.1) is 19.5 Å². The molecule has 1 aliphatic carbocycles. The van der Waals surface area contributed by atoms with E-state index in [1.54, 1.807) is 18.2 Å². The molecule has 0 heterocycles. The van der Waals surface area contributed by atoms with Crippen molar-refractivity contribution < 1.29 is 33.0 Å². The molecular weight excluding hydrogens is 325 g/mol. The maximum absolute atomic E-state index is 14.7. The molecule has 0 aliphatic heterocycles. The Morgan fingerprint density at radius 2 is 2.04 bits per heavy atom. The molecule has 2 radical (unpaired) electrons. The number of ether oxygens (including phenoxy) is 2. The van der Waals surface area contributed by atoms with E-state index in [9.17, 15) is 13.8 Å². The Hall–Kier alpha value is -1.21. The van der Waals surface area contributed by atoms with Gasteiger partial charge in [0, 0.05) is 0 Å². The third kappa shape index (κ3) is 4.41. The monoisotopic (exact) mass is 342 g/mol. The molecule has 0 saturated heterocycles. The molecule has 1 aromatic rings. The van der Waals surface area contributed by atoms with Gasteiger partial charge >= 0.3 is 13.6 Å². The van der Waals surface area contributed by atoms with Gasteiger partial charge < -0.3 is 19.3 Å². The van der Waals surface area contributed by atoms with E-state index in [-0.39, 0.29) is 12.0 Å². The molecule has 124 valence electrons. The van der Waals surface area contributed by atoms with E-state index in [0.717, 1.165) is 0 Å². The molecule has 1 fully saturated rings. The van der Waals surface area contributed by atoms with Crippen LogP contribution in [0.1, 0.15) is 23.7 Å². The Kier molecular flexibility index (Phi) is 5.31. The normalized spacial score (nSPS) is 31.0. The first-order valence-electron chi connectivity index (χ1n) is 6.98. The molecule has 1 saturated carbocycles. The van der Waals surface area contributed by atoms with E-state index in [1.807, 2.05) is 0 Å². The van der Waals surface area contributed by atoms with Crippen LogP contribution >= 0.6 is 7.60 Å². The molecule has 0 amide bonds. The lowest BCUT2D eigenvalue weighted by atomic mass is 9.77. The summed E-state index contributed by atoms with van der Waals surface area (Å²) >= 11 is 0. The van der Waals surface area contributed by atoms with Crippen molar-refractivity contribution in [2.75, 3.05) is 6.35 Å². The lowest BCUT2D eigenvalue weighted by molar-refractivity contribution is -0.0704. The summed E-state index contributed by atoms with van der Waals surface area (Å²) in [5, 5.41) is 0. The number of benzene rings is 1. The second-order valence-electron chi connectivity index (χ2n) is 5.68. The van der Waals surface area contributed by atoms with Gasteiger partial charge in [-0.1, -0.05) is 18.2 Å². The summed E-state index contributed by atoms with van der Waals surface area (Å²) in [5.41, 5.74) is -1.83. The van der Waals surface area contributed by atoms with Crippen molar-refractivity contribution in [3.8, 4) is 0 Å². The highest BCUT2D eigenvalue weighted by Crippen LogP contribution is 2.46. The number of halogens is 1. The molecule has 4 unspecified atom stereocenters. The minimum atomic E-state index is -4.42. The molecule has 2 rings (SSSR count). The largest absolute Gasteiger partial charge is 0.453 e. The summed E-state index contributed by atoms with van der Waals surface area (Å²) < 4.78 is 35.9. The van der Waals surface area contributed by atoms with E-state index in [4.69, 9.17) is 27.1 Å². The first-order chi connectivity index (χ1) is 10.6. The second-order valence-corrected chi connectivity index (χ2v) is 7.27. The summed E-state index contributed by atoms with van der Waals surface area (Å²) in [7, 11) is 1.28. The summed E-state index contributed by atoms with van der Waals surface area (Å²) in [6.45, 7) is 1.18. The van der Waals surface area contributed by atoms with Crippen molar-refractivity contribution in [1.82, 2.24) is 0 Å². The van der Waals surface area contributed by atoms with Crippen molar-refractivity contribution >= 4 is 21.4 Å². The number of alkyl halides is 1. The molecule has 0 bridgehead atoms. The Morgan fingerprint density at radius 1 is 1.43 bits per heavy atom. The Bertz CT molecular complexity index is 605. The molecule has 2 N–H and O–H groups in total. The van der Waals surface area contributed by atoms with Crippen molar-refractivity contribution in [2.45, 2.75) is 37.0 Å². The lowest BCUT2D eigenvalue weighted by Crippen LogP contribution is -2.42. The van der Waals surface area contributed by atoms with Gasteiger partial charge in [-0.25, -0.2) is 9.18 Å². The summed E-state index contributed by atoms with van der Waals surface area (Å²) in [5.74, 6) is -1.73. The molecule has 6 nitrogen and oxygen atoms in total. The molecular formula is C14H17BFO6P. The van der Waals surface area contributed by atoms with Gasteiger partial charge in [0.15, 0.2) is 6.10 Å². The van der Waals surface area contributed by atoms with Crippen LogP contribution in [0.15, 0.2) is 30.3 Å². The van der Waals surface area contributed by atoms with E-state index >= 15 is 0 Å². The van der Waals surface area contributed by atoms with Crippen LogP contribution in [0.25, 0.3) is 0 Å². The van der Waals surface area contributed by atoms with Gasteiger partial charge in [0.25, 0.3) is 0 Å². The van der Waals surface area contributed by atoms with Crippen LogP contribution in [0.4, 0.5) is 4.39 Å². The van der Waals surface area contributed by atoms with E-state index in [2.05, 4.69) is 0 Å². The smallest absolute Gasteiger partial charge is 0.350 e. The fourth-order valence-corrected chi connectivity index (χ4v) is 2.86. The van der Waals surface area contributed by atoms with Crippen molar-refractivity contribution in [3.05, 3.63) is 35.9 Å². The zero-order chi connectivity index (χ0) is 17.3. The highest BCUT2D eigenvalue weighted by molar-refractivity contribution is 7.51. The van der Waals surface area contributed by atoms with Gasteiger partial charge in [-0.2, -0.15) is 0 Å². The number of hydrogen-bond donors (Lipinski definition) is 2. The van der Waals surface area contributed by atoms with Crippen molar-refractivity contribution in [3.63, 3.8) is 0 Å². The predicted octanol–water partition coefficient (Wildman–Crippen LogP) is 1.82. The molecule has 9 heteroatoms. The van der Waals surface area contributed by atoms with Crippen molar-refractivity contribution in [2.24, 2.45) is 0 Å². The topological polar surface area (TPSA) is 93.1 Å². The molecule has 0 spiro atoms. The second kappa shape index (κ2) is 6.73. The summed E-state index contributed by atoms with van der Waals surface area (Å²) in [6, 6.07) is 8.00. The van der Waals surface area contributed by atoms with E-state index in [1.165, 1.54) is 19.1 Å². The van der Waals surface area contributed by atoms with Crippen LogP contribution in [0.2, 0.25) is 5.82 Å². The first kappa shape index (κ1) is 18.1. The average molecular weight is 342 g/mol. The summed E-state index contributed by atoms with van der Waals surface area (Å²) in [6.07, 6.45) is -3.28. The highest BCUT2D eigenvalue weighted by Gasteiger charge is 2.54. The number of rotatable bonds is 5. The van der Waals surface area contributed by atoms with Gasteiger partial charge in [0.1, 0.15) is 12.0 Å². The third-order valence-corrected chi connectivity index (χ3v) is 4.29. The lowest BCUT2D eigenvalue weighted by Gasteiger charge is -2.29. The van der Waals surface area contributed by atoms with E-state index in [0.29, 0.717) is 0 Å². The fraction of sp³-hybridized carbons (Fsp3) is 0.500. The van der Waals surface area contributed by atoms with Gasteiger partial charge in [-0.3, -0.25) is 4.57 Å². The first-order valence-corrected chi connectivity index (χ1v) is 8.77. The highest BCUT2D eigenvalue weighted by atomic mass is 31.2. The third-order valence-electron chi connectivity index (χ3n) is 3.81. The number of hydrogen-bond acceptors (Lipinski definition) is 4. The zero-order valence-corrected chi connectivity index (χ0v) is 13.4. The SMILES string of the molecule is [B]C1CC(OCP(=O)(O)O)C(OC(=O)c2ccccc2)C1(C)F. The Balaban J connectivity index is 2.13. The van der Waals surface area contributed by atoms with Crippen LogP contribution < -0.4 is 0 Å². The van der Waals surface area contributed by atoms with Crippen molar-refractivity contribution in [1.29, 1.82) is 0 Å². The van der Waals surface area contributed by atoms with Crippen LogP contribution in [0.5, 0.6) is 0 Å². The summed E-state index contributed by atoms with van der Waals surface area (Å²) in [4.78, 5) is 29.8. The minimum absolute atomic E-state index is 0.0142. The molecule has 0 aromatic heterocycles. The van der Waals surface area contributed by atoms with Crippen LogP contribution in [0.3, 0.4) is 0 Å². The fourth-order valence-electron chi connectivity index (χ4n) is 2.48. The van der Waals surface area contributed by atoms with Gasteiger partial charge in [0.2, 0.25) is 0 Å². The minimum Gasteiger partial charge on any atom is -0.453 e. The standard InChI is InChI=1S/C14H17BFO6P/c1-14(16)11(15)7-10(21-8-23(18,19)20)12(14)22-13(17)9-5-3-2-4-6-9/h2-6,10-12H,7-8H2,1H3,(H2,18,19,20). The van der Waals surface area contributed by atoms with E-state index < -0.39 is 43.6 Å². The van der Waals surface area contributed by atoms with Crippen LogP contribution in [-0.4, -0.2) is 47.8 Å². The Labute approximate surface area is 134 Å². The number of carbonyl (C=O) groups excluding carboxylic acids is 1. The maximum atomic E-state index is 14.7. The average Bonchev–Trinajstić information content (AvgIpc) is 2.68. The predicted molar refractivity (Wildman–Crippen MR) is 81.1 cm³/mol. The molecule has 23 heavy (non-hydrogen) atoms. The molecule has 4 atom stereocenters. The molecule has 1 aromatic carbocycles. The number of carbonyl (C=O) groups is 1. The van der Waals surface area contributed by atoms with Gasteiger partial charge in [-0.05, 0) is 31.3 Å². The van der Waals surface area contributed by atoms with Crippen LogP contribution in [-0.2, 0) is 14.0 Å². The van der Waals surface area contributed by atoms with Crippen LogP contribution in [0, 0.1) is 0 Å². The Morgan fingerprint density at radius 3 is 2.61 bits per heavy atom. The molecule has 1 aliphatic rings. The number of esters is 1. The maximum Gasteiger partial charge on any atom is 0.350 e.